The quantitative estimate of drug-likeness (QED) is 0.875. The van der Waals surface area contributed by atoms with Crippen LogP contribution in [-0.4, -0.2) is 35.1 Å². The smallest absolute Gasteiger partial charge is 0.128 e. The standard InChI is InChI=1S/C17H30N4/c1-5-19-15(14-11-13(2)12-20-16(14)18)17(3,4)21-9-7-6-8-10-21/h11-12,15,19H,5-10H2,1-4H3,(H2,18,20). The summed E-state index contributed by atoms with van der Waals surface area (Å²) >= 11 is 0. The number of piperidine rings is 1. The molecule has 1 aromatic heterocycles. The van der Waals surface area contributed by atoms with Crippen LogP contribution in [0.5, 0.6) is 0 Å². The van der Waals surface area contributed by atoms with E-state index in [0.717, 1.165) is 17.7 Å². The highest BCUT2D eigenvalue weighted by Crippen LogP contribution is 2.35. The first-order valence-electron chi connectivity index (χ1n) is 8.17. The molecule has 1 atom stereocenters. The molecule has 0 spiro atoms. The number of pyridine rings is 1. The Labute approximate surface area is 129 Å². The molecule has 1 aliphatic rings. The molecule has 0 saturated carbocycles. The van der Waals surface area contributed by atoms with Gasteiger partial charge < -0.3 is 11.1 Å². The summed E-state index contributed by atoms with van der Waals surface area (Å²) < 4.78 is 0. The third-order valence-corrected chi connectivity index (χ3v) is 4.68. The highest BCUT2D eigenvalue weighted by Gasteiger charge is 2.37. The first-order chi connectivity index (χ1) is 9.96. The first kappa shape index (κ1) is 16.2. The number of aromatic nitrogens is 1. The van der Waals surface area contributed by atoms with Crippen molar-refractivity contribution in [3.05, 3.63) is 23.4 Å². The summed E-state index contributed by atoms with van der Waals surface area (Å²) in [6.07, 6.45) is 5.79. The Hall–Kier alpha value is -1.13. The summed E-state index contributed by atoms with van der Waals surface area (Å²) in [4.78, 5) is 6.96. The van der Waals surface area contributed by atoms with Gasteiger partial charge in [0.1, 0.15) is 5.82 Å². The molecule has 4 heteroatoms. The molecule has 118 valence electrons. The number of nitrogens with one attached hydrogen (secondary N) is 1. The second kappa shape index (κ2) is 6.75. The molecule has 1 saturated heterocycles. The molecule has 0 amide bonds. The van der Waals surface area contributed by atoms with Crippen molar-refractivity contribution in [1.29, 1.82) is 0 Å². The predicted molar refractivity (Wildman–Crippen MR) is 89.3 cm³/mol. The molecule has 0 aromatic carbocycles. The van der Waals surface area contributed by atoms with E-state index < -0.39 is 0 Å². The van der Waals surface area contributed by atoms with Gasteiger partial charge >= 0.3 is 0 Å². The number of likely N-dealkylation sites (tertiary alicyclic amines) is 1. The Kier molecular flexibility index (Phi) is 5.22. The van der Waals surface area contributed by atoms with Crippen molar-refractivity contribution in [1.82, 2.24) is 15.2 Å². The van der Waals surface area contributed by atoms with E-state index in [9.17, 15) is 0 Å². The van der Waals surface area contributed by atoms with Crippen molar-refractivity contribution in [2.75, 3.05) is 25.4 Å². The van der Waals surface area contributed by atoms with E-state index >= 15 is 0 Å². The van der Waals surface area contributed by atoms with Crippen molar-refractivity contribution >= 4 is 5.82 Å². The van der Waals surface area contributed by atoms with Gasteiger partial charge in [-0.2, -0.15) is 0 Å². The summed E-state index contributed by atoms with van der Waals surface area (Å²) in [7, 11) is 0. The maximum Gasteiger partial charge on any atom is 0.128 e. The third kappa shape index (κ3) is 3.55. The maximum atomic E-state index is 6.18. The van der Waals surface area contributed by atoms with E-state index in [1.165, 1.54) is 32.4 Å². The van der Waals surface area contributed by atoms with Crippen LogP contribution in [0.25, 0.3) is 0 Å². The molecular formula is C17H30N4. The van der Waals surface area contributed by atoms with E-state index in [2.05, 4.69) is 49.0 Å². The van der Waals surface area contributed by atoms with Gasteiger partial charge in [-0.1, -0.05) is 13.3 Å². The fourth-order valence-electron chi connectivity index (χ4n) is 3.43. The van der Waals surface area contributed by atoms with Gasteiger partial charge in [-0.25, -0.2) is 4.98 Å². The molecule has 2 rings (SSSR count). The van der Waals surface area contributed by atoms with Gasteiger partial charge in [-0.05, 0) is 64.9 Å². The lowest BCUT2D eigenvalue weighted by molar-refractivity contribution is 0.0614. The van der Waals surface area contributed by atoms with Gasteiger partial charge in [0.15, 0.2) is 0 Å². The van der Waals surface area contributed by atoms with Crippen molar-refractivity contribution in [2.45, 2.75) is 58.5 Å². The maximum absolute atomic E-state index is 6.18. The molecule has 1 aromatic rings. The molecule has 21 heavy (non-hydrogen) atoms. The van der Waals surface area contributed by atoms with Gasteiger partial charge in [0, 0.05) is 17.3 Å². The predicted octanol–water partition coefficient (Wildman–Crippen LogP) is 2.89. The average Bonchev–Trinajstić information content (AvgIpc) is 2.48. The minimum atomic E-state index is 0.0278. The summed E-state index contributed by atoms with van der Waals surface area (Å²) in [6, 6.07) is 2.38. The molecule has 1 unspecified atom stereocenters. The number of likely N-dealkylation sites (N-methyl/N-ethyl adjacent to an activating group) is 1. The van der Waals surface area contributed by atoms with Crippen LogP contribution >= 0.6 is 0 Å². The topological polar surface area (TPSA) is 54.2 Å². The van der Waals surface area contributed by atoms with Crippen LogP contribution in [-0.2, 0) is 0 Å². The monoisotopic (exact) mass is 290 g/mol. The zero-order chi connectivity index (χ0) is 15.5. The highest BCUT2D eigenvalue weighted by atomic mass is 15.2. The van der Waals surface area contributed by atoms with Gasteiger partial charge in [-0.15, -0.1) is 0 Å². The van der Waals surface area contributed by atoms with Gasteiger partial charge in [0.2, 0.25) is 0 Å². The largest absolute Gasteiger partial charge is 0.383 e. The number of anilines is 1. The Morgan fingerprint density at radius 2 is 2.00 bits per heavy atom. The molecule has 0 bridgehead atoms. The molecule has 1 aliphatic heterocycles. The van der Waals surface area contributed by atoms with E-state index in [0.29, 0.717) is 5.82 Å². The van der Waals surface area contributed by atoms with Gasteiger partial charge in [-0.3, -0.25) is 4.90 Å². The van der Waals surface area contributed by atoms with Crippen LogP contribution < -0.4 is 11.1 Å². The zero-order valence-corrected chi connectivity index (χ0v) is 13.9. The van der Waals surface area contributed by atoms with Crippen molar-refractivity contribution in [3.63, 3.8) is 0 Å². The lowest BCUT2D eigenvalue weighted by Crippen LogP contribution is -2.54. The van der Waals surface area contributed by atoms with Crippen LogP contribution in [0.15, 0.2) is 12.3 Å². The van der Waals surface area contributed by atoms with Crippen molar-refractivity contribution in [3.8, 4) is 0 Å². The second-order valence-electron chi connectivity index (χ2n) is 6.68. The number of nitrogens with zero attached hydrogens (tertiary/aromatic N) is 2. The summed E-state index contributed by atoms with van der Waals surface area (Å²) in [5.41, 5.74) is 8.50. The molecule has 2 heterocycles. The average molecular weight is 290 g/mol. The Morgan fingerprint density at radius 3 is 2.62 bits per heavy atom. The number of rotatable bonds is 5. The lowest BCUT2D eigenvalue weighted by atomic mass is 9.85. The summed E-state index contributed by atoms with van der Waals surface area (Å²) in [6.45, 7) is 12.2. The van der Waals surface area contributed by atoms with Crippen LogP contribution in [0.1, 0.15) is 57.2 Å². The number of hydrogen-bond donors (Lipinski definition) is 2. The Balaban J connectivity index is 2.34. The minimum absolute atomic E-state index is 0.0278. The molecule has 1 fully saturated rings. The van der Waals surface area contributed by atoms with Gasteiger partial charge in [0.05, 0.1) is 6.04 Å². The normalized spacial score (nSPS) is 18.7. The third-order valence-electron chi connectivity index (χ3n) is 4.68. The molecule has 3 N–H and O–H groups in total. The lowest BCUT2D eigenvalue weighted by Gasteiger charge is -2.46. The molecule has 4 nitrogen and oxygen atoms in total. The van der Waals surface area contributed by atoms with E-state index in [4.69, 9.17) is 5.73 Å². The fraction of sp³-hybridized carbons (Fsp3) is 0.706. The summed E-state index contributed by atoms with van der Waals surface area (Å²) in [5, 5.41) is 3.64. The van der Waals surface area contributed by atoms with E-state index in [1.54, 1.807) is 0 Å². The molecule has 0 aliphatic carbocycles. The van der Waals surface area contributed by atoms with Crippen LogP contribution in [0.2, 0.25) is 0 Å². The second-order valence-corrected chi connectivity index (χ2v) is 6.68. The number of hydrogen-bond acceptors (Lipinski definition) is 4. The number of nitrogens with two attached hydrogens (primary N) is 1. The Bertz CT molecular complexity index is 464. The van der Waals surface area contributed by atoms with Crippen molar-refractivity contribution < 1.29 is 0 Å². The highest BCUT2D eigenvalue weighted by molar-refractivity contribution is 5.44. The van der Waals surface area contributed by atoms with Crippen molar-refractivity contribution in [2.24, 2.45) is 0 Å². The number of nitrogen functional groups attached to an aromatic ring is 1. The molecule has 0 radical (unpaired) electrons. The number of aryl methyl sites for hydroxylation is 1. The fourth-order valence-corrected chi connectivity index (χ4v) is 3.43. The van der Waals surface area contributed by atoms with Crippen LogP contribution in [0.3, 0.4) is 0 Å². The summed E-state index contributed by atoms with van der Waals surface area (Å²) in [5.74, 6) is 0.650. The van der Waals surface area contributed by atoms with Gasteiger partial charge in [0.25, 0.3) is 0 Å². The zero-order valence-electron chi connectivity index (χ0n) is 13.9. The van der Waals surface area contributed by atoms with E-state index in [-0.39, 0.29) is 11.6 Å². The van der Waals surface area contributed by atoms with Crippen LogP contribution in [0, 0.1) is 6.92 Å². The minimum Gasteiger partial charge on any atom is -0.383 e. The Morgan fingerprint density at radius 1 is 1.33 bits per heavy atom. The first-order valence-corrected chi connectivity index (χ1v) is 8.17. The SMILES string of the molecule is CCNC(c1cc(C)cnc1N)C(C)(C)N1CCCCC1. The van der Waals surface area contributed by atoms with Crippen LogP contribution in [0.4, 0.5) is 5.82 Å². The molecular weight excluding hydrogens is 260 g/mol. The van der Waals surface area contributed by atoms with E-state index in [1.807, 2.05) is 6.20 Å².